The first kappa shape index (κ1) is 20.2. The number of likely N-dealkylation sites (N-methyl/N-ethyl adjacent to an activating group) is 1. The van der Waals surface area contributed by atoms with E-state index in [-0.39, 0.29) is 23.6 Å². The van der Waals surface area contributed by atoms with Crippen molar-refractivity contribution in [2.45, 2.75) is 18.9 Å². The van der Waals surface area contributed by atoms with E-state index in [9.17, 15) is 13.2 Å². The summed E-state index contributed by atoms with van der Waals surface area (Å²) < 4.78 is 24.6. The zero-order valence-electron chi connectivity index (χ0n) is 14.7. The Morgan fingerprint density at radius 2 is 2.00 bits per heavy atom. The Morgan fingerprint density at radius 1 is 1.28 bits per heavy atom. The van der Waals surface area contributed by atoms with Crippen molar-refractivity contribution in [3.05, 3.63) is 34.3 Å². The van der Waals surface area contributed by atoms with Crippen molar-refractivity contribution in [1.29, 1.82) is 0 Å². The fourth-order valence-electron chi connectivity index (χ4n) is 2.89. The van der Waals surface area contributed by atoms with Gasteiger partial charge in [0.15, 0.2) is 9.84 Å². The predicted octanol–water partition coefficient (Wildman–Crippen LogP) is 1.75. The van der Waals surface area contributed by atoms with Crippen molar-refractivity contribution in [3.63, 3.8) is 0 Å². The minimum Gasteiger partial charge on any atom is -0.338 e. The van der Waals surface area contributed by atoms with Crippen LogP contribution in [0, 0.1) is 0 Å². The van der Waals surface area contributed by atoms with E-state index in [1.165, 1.54) is 0 Å². The zero-order chi connectivity index (χ0) is 18.4. The molecule has 0 radical (unpaired) electrons. The zero-order valence-corrected chi connectivity index (χ0v) is 17.1. The Hall–Kier alpha value is -1.12. The fraction of sp³-hybridized carbons (Fsp3) is 0.588. The van der Waals surface area contributed by atoms with Gasteiger partial charge in [-0.1, -0.05) is 34.1 Å². The molecule has 140 valence electrons. The summed E-state index contributed by atoms with van der Waals surface area (Å²) in [6.07, 6.45) is 1.24. The number of rotatable bonds is 7. The third-order valence-corrected chi connectivity index (χ3v) is 6.85. The standard InChI is InChI=1S/C17H26BrN3O3S/c1-20(2)10-11-21(15-8-12-25(23,24)13-15)17(22)19-9-7-14-5-3-4-6-16(14)18/h3-6,15H,7-13H2,1-2H3,(H,19,22). The average molecular weight is 432 g/mol. The van der Waals surface area contributed by atoms with Gasteiger partial charge in [-0.15, -0.1) is 0 Å². The molecule has 0 aromatic heterocycles. The first-order valence-corrected chi connectivity index (χ1v) is 11.0. The molecule has 0 spiro atoms. The summed E-state index contributed by atoms with van der Waals surface area (Å²) in [4.78, 5) is 16.3. The van der Waals surface area contributed by atoms with Crippen molar-refractivity contribution in [1.82, 2.24) is 15.1 Å². The normalized spacial score (nSPS) is 19.1. The van der Waals surface area contributed by atoms with Crippen molar-refractivity contribution < 1.29 is 13.2 Å². The topological polar surface area (TPSA) is 69.7 Å². The van der Waals surface area contributed by atoms with Crippen molar-refractivity contribution in [3.8, 4) is 0 Å². The van der Waals surface area contributed by atoms with Gasteiger partial charge in [0.25, 0.3) is 0 Å². The molecule has 1 aromatic rings. The van der Waals surface area contributed by atoms with Gasteiger partial charge in [-0.25, -0.2) is 13.2 Å². The van der Waals surface area contributed by atoms with Gasteiger partial charge < -0.3 is 15.1 Å². The molecule has 1 unspecified atom stereocenters. The quantitative estimate of drug-likeness (QED) is 0.713. The van der Waals surface area contributed by atoms with Gasteiger partial charge in [-0.2, -0.15) is 0 Å². The van der Waals surface area contributed by atoms with Crippen LogP contribution in [0.2, 0.25) is 0 Å². The number of urea groups is 1. The van der Waals surface area contributed by atoms with E-state index >= 15 is 0 Å². The maximum atomic E-state index is 12.6. The van der Waals surface area contributed by atoms with Gasteiger partial charge in [0.1, 0.15) is 0 Å². The summed E-state index contributed by atoms with van der Waals surface area (Å²) in [5, 5.41) is 2.94. The van der Waals surface area contributed by atoms with E-state index in [2.05, 4.69) is 21.2 Å². The molecule has 2 rings (SSSR count). The number of amides is 2. The lowest BCUT2D eigenvalue weighted by Crippen LogP contribution is -2.49. The molecule has 1 aliphatic rings. The Labute approximate surface area is 158 Å². The number of hydrogen-bond acceptors (Lipinski definition) is 4. The Kier molecular flexibility index (Phi) is 7.27. The largest absolute Gasteiger partial charge is 0.338 e. The first-order valence-electron chi connectivity index (χ1n) is 8.41. The molecule has 0 saturated carbocycles. The van der Waals surface area contributed by atoms with E-state index in [1.807, 2.05) is 43.3 Å². The minimum atomic E-state index is -3.02. The third kappa shape index (κ3) is 6.27. The lowest BCUT2D eigenvalue weighted by atomic mass is 10.1. The fourth-order valence-corrected chi connectivity index (χ4v) is 5.10. The van der Waals surface area contributed by atoms with Gasteiger partial charge in [0.2, 0.25) is 0 Å². The van der Waals surface area contributed by atoms with Crippen LogP contribution >= 0.6 is 15.9 Å². The summed E-state index contributed by atoms with van der Waals surface area (Å²) >= 11 is 3.50. The Balaban J connectivity index is 1.94. The van der Waals surface area contributed by atoms with Crippen LogP contribution in [0.1, 0.15) is 12.0 Å². The molecule has 6 nitrogen and oxygen atoms in total. The van der Waals surface area contributed by atoms with Crippen LogP contribution in [0.25, 0.3) is 0 Å². The van der Waals surface area contributed by atoms with Crippen LogP contribution in [-0.2, 0) is 16.3 Å². The van der Waals surface area contributed by atoms with Crippen LogP contribution in [-0.4, -0.2) is 75.5 Å². The van der Waals surface area contributed by atoms with E-state index in [1.54, 1.807) is 4.90 Å². The van der Waals surface area contributed by atoms with Crippen LogP contribution in [0.3, 0.4) is 0 Å². The minimum absolute atomic E-state index is 0.0675. The summed E-state index contributed by atoms with van der Waals surface area (Å²) in [5.74, 6) is 0.235. The molecule has 8 heteroatoms. The number of carbonyl (C=O) groups is 1. The molecule has 2 amide bonds. The lowest BCUT2D eigenvalue weighted by molar-refractivity contribution is 0.173. The maximum absolute atomic E-state index is 12.6. The molecule has 1 saturated heterocycles. The van der Waals surface area contributed by atoms with E-state index in [0.29, 0.717) is 26.1 Å². The second kappa shape index (κ2) is 9.00. The Morgan fingerprint density at radius 3 is 2.60 bits per heavy atom. The second-order valence-electron chi connectivity index (χ2n) is 6.63. The molecule has 25 heavy (non-hydrogen) atoms. The van der Waals surface area contributed by atoms with Gasteiger partial charge in [0, 0.05) is 30.1 Å². The van der Waals surface area contributed by atoms with Crippen molar-refractivity contribution >= 4 is 31.8 Å². The molecule has 1 N–H and O–H groups in total. The van der Waals surface area contributed by atoms with Gasteiger partial charge in [0.05, 0.1) is 11.5 Å². The Bertz CT molecular complexity index is 694. The smallest absolute Gasteiger partial charge is 0.317 e. The maximum Gasteiger partial charge on any atom is 0.317 e. The molecule has 1 heterocycles. The summed E-state index contributed by atoms with van der Waals surface area (Å²) in [6, 6.07) is 7.50. The highest BCUT2D eigenvalue weighted by atomic mass is 79.9. The van der Waals surface area contributed by atoms with Gasteiger partial charge in [-0.05, 0) is 38.6 Å². The molecule has 0 bridgehead atoms. The highest BCUT2D eigenvalue weighted by Gasteiger charge is 2.34. The first-order chi connectivity index (χ1) is 11.8. The highest BCUT2D eigenvalue weighted by Crippen LogP contribution is 2.18. The van der Waals surface area contributed by atoms with Crippen LogP contribution in [0.15, 0.2) is 28.7 Å². The third-order valence-electron chi connectivity index (χ3n) is 4.33. The summed E-state index contributed by atoms with van der Waals surface area (Å²) in [5.41, 5.74) is 1.13. The number of benzene rings is 1. The van der Waals surface area contributed by atoms with Gasteiger partial charge in [-0.3, -0.25) is 0 Å². The van der Waals surface area contributed by atoms with Crippen LogP contribution in [0.5, 0.6) is 0 Å². The molecule has 0 aliphatic carbocycles. The molecule has 1 fully saturated rings. The molecule has 1 aromatic carbocycles. The SMILES string of the molecule is CN(C)CCN(C(=O)NCCc1ccccc1Br)C1CCS(=O)(=O)C1. The number of halogens is 1. The number of nitrogens with zero attached hydrogens (tertiary/aromatic N) is 2. The monoisotopic (exact) mass is 431 g/mol. The number of nitrogens with one attached hydrogen (secondary N) is 1. The van der Waals surface area contributed by atoms with Crippen LogP contribution < -0.4 is 5.32 Å². The average Bonchev–Trinajstić information content (AvgIpc) is 2.89. The van der Waals surface area contributed by atoms with Crippen LogP contribution in [0.4, 0.5) is 4.79 Å². The van der Waals surface area contributed by atoms with Crippen molar-refractivity contribution in [2.24, 2.45) is 0 Å². The van der Waals surface area contributed by atoms with Gasteiger partial charge >= 0.3 is 6.03 Å². The number of carbonyl (C=O) groups excluding carboxylic acids is 1. The van der Waals surface area contributed by atoms with E-state index in [0.717, 1.165) is 16.5 Å². The predicted molar refractivity (Wildman–Crippen MR) is 104 cm³/mol. The van der Waals surface area contributed by atoms with E-state index in [4.69, 9.17) is 0 Å². The number of hydrogen-bond donors (Lipinski definition) is 1. The van der Waals surface area contributed by atoms with Crippen molar-refractivity contribution in [2.75, 3.05) is 45.2 Å². The summed E-state index contributed by atoms with van der Waals surface area (Å²) in [7, 11) is 0.855. The molecule has 1 aliphatic heterocycles. The van der Waals surface area contributed by atoms with E-state index < -0.39 is 9.84 Å². The summed E-state index contributed by atoms with van der Waals surface area (Å²) in [6.45, 7) is 1.74. The molecule has 1 atom stereocenters. The second-order valence-corrected chi connectivity index (χ2v) is 9.71. The highest BCUT2D eigenvalue weighted by molar-refractivity contribution is 9.10. The lowest BCUT2D eigenvalue weighted by Gasteiger charge is -2.29. The number of sulfone groups is 1. The molecular formula is C17H26BrN3O3S. The molecular weight excluding hydrogens is 406 g/mol.